The third-order valence-electron chi connectivity index (χ3n) is 3.50. The summed E-state index contributed by atoms with van der Waals surface area (Å²) >= 11 is 0. The number of hydrogen-bond acceptors (Lipinski definition) is 3. The van der Waals surface area contributed by atoms with E-state index in [1.807, 2.05) is 13.8 Å². The Kier molecular flexibility index (Phi) is 12.3. The average molecular weight is 345 g/mol. The lowest BCUT2D eigenvalue weighted by Crippen LogP contribution is -2.54. The van der Waals surface area contributed by atoms with Crippen LogP contribution in [0.1, 0.15) is 52.4 Å². The summed E-state index contributed by atoms with van der Waals surface area (Å²) in [5, 5.41) is 11.4. The molecule has 0 aliphatic rings. The van der Waals surface area contributed by atoms with Gasteiger partial charge in [0.15, 0.2) is 5.54 Å². The zero-order valence-corrected chi connectivity index (χ0v) is 13.9. The van der Waals surface area contributed by atoms with E-state index in [-0.39, 0.29) is 43.6 Å². The molecule has 0 aliphatic carbocycles. The van der Waals surface area contributed by atoms with Crippen molar-refractivity contribution in [2.75, 3.05) is 6.54 Å². The van der Waals surface area contributed by atoms with E-state index in [2.05, 4.69) is 5.32 Å². The van der Waals surface area contributed by atoms with Crippen LogP contribution < -0.4 is 11.1 Å². The number of amides is 1. The lowest BCUT2D eigenvalue weighted by atomic mass is 9.95. The molecule has 0 heterocycles. The maximum Gasteiger partial charge on any atom is 0.329 e. The van der Waals surface area contributed by atoms with Gasteiger partial charge in [-0.15, -0.1) is 12.4 Å². The van der Waals surface area contributed by atoms with Gasteiger partial charge in [0, 0.05) is 12.5 Å². The predicted molar refractivity (Wildman–Crippen MR) is 83.4 cm³/mol. The molecule has 0 rings (SSSR count). The fourth-order valence-corrected chi connectivity index (χ4v) is 2.15. The molecule has 0 aromatic rings. The molecule has 0 radical (unpaired) electrons. The molecule has 0 saturated carbocycles. The molecule has 0 fully saturated rings. The summed E-state index contributed by atoms with van der Waals surface area (Å²) in [7, 11) is 0. The van der Waals surface area contributed by atoms with E-state index in [1.54, 1.807) is 0 Å². The summed E-state index contributed by atoms with van der Waals surface area (Å²) in [6.07, 6.45) is -0.0583. The molecule has 8 heteroatoms. The number of nitrogens with one attached hydrogen (secondary N) is 1. The van der Waals surface area contributed by atoms with Gasteiger partial charge in [-0.2, -0.15) is 0 Å². The maximum absolute atomic E-state index is 12.7. The Labute approximate surface area is 136 Å². The van der Waals surface area contributed by atoms with E-state index in [1.165, 1.54) is 0 Å². The Morgan fingerprint density at radius 3 is 2.09 bits per heavy atom. The fraction of sp³-hybridized carbons (Fsp3) is 0.857. The maximum atomic E-state index is 12.7. The number of rotatable bonds is 11. The normalized spacial score (nSPS) is 13.6. The summed E-state index contributed by atoms with van der Waals surface area (Å²) in [5.41, 5.74) is 2.65. The number of halogens is 3. The van der Waals surface area contributed by atoms with Crippen LogP contribution in [0.2, 0.25) is 0 Å². The molecule has 0 aromatic heterocycles. The van der Waals surface area contributed by atoms with Gasteiger partial charge in [-0.1, -0.05) is 26.7 Å². The van der Waals surface area contributed by atoms with Crippen molar-refractivity contribution in [2.45, 2.75) is 64.3 Å². The first-order chi connectivity index (χ1) is 9.79. The molecule has 132 valence electrons. The second-order valence-electron chi connectivity index (χ2n) is 5.32. The summed E-state index contributed by atoms with van der Waals surface area (Å²) in [5.74, 6) is -1.90. The smallest absolute Gasteiger partial charge is 0.329 e. The van der Waals surface area contributed by atoms with Crippen LogP contribution in [0.5, 0.6) is 0 Å². The van der Waals surface area contributed by atoms with Gasteiger partial charge in [-0.25, -0.2) is 13.6 Å². The van der Waals surface area contributed by atoms with Crippen LogP contribution in [0.3, 0.4) is 0 Å². The molecule has 1 atom stereocenters. The van der Waals surface area contributed by atoms with Gasteiger partial charge in [-0.3, -0.25) is 4.79 Å². The molecule has 5 nitrogen and oxygen atoms in total. The molecule has 1 amide bonds. The average Bonchev–Trinajstić information content (AvgIpc) is 2.42. The zero-order valence-electron chi connectivity index (χ0n) is 13.1. The van der Waals surface area contributed by atoms with Gasteiger partial charge in [-0.05, 0) is 25.7 Å². The Hall–Kier alpha value is -0.950. The number of carboxylic acids is 1. The predicted octanol–water partition coefficient (Wildman–Crippen LogP) is 2.57. The molecule has 0 saturated heterocycles. The molecule has 0 bridgehead atoms. The minimum Gasteiger partial charge on any atom is -0.480 e. The highest BCUT2D eigenvalue weighted by atomic mass is 35.5. The molecule has 0 aliphatic heterocycles. The van der Waals surface area contributed by atoms with Gasteiger partial charge in [0.2, 0.25) is 5.91 Å². The highest BCUT2D eigenvalue weighted by Gasteiger charge is 2.43. The van der Waals surface area contributed by atoms with Crippen molar-refractivity contribution in [3.05, 3.63) is 0 Å². The number of hydrogen-bond donors (Lipinski definition) is 3. The Morgan fingerprint density at radius 2 is 1.73 bits per heavy atom. The van der Waals surface area contributed by atoms with Crippen LogP contribution in [0.25, 0.3) is 0 Å². The summed E-state index contributed by atoms with van der Waals surface area (Å²) in [6, 6.07) is 0. The quantitative estimate of drug-likeness (QED) is 0.502. The van der Waals surface area contributed by atoms with Crippen LogP contribution in [-0.4, -0.2) is 35.5 Å². The first-order valence-electron chi connectivity index (χ1n) is 7.37. The van der Waals surface area contributed by atoms with Crippen LogP contribution in [0, 0.1) is 5.92 Å². The van der Waals surface area contributed by atoms with E-state index in [9.17, 15) is 18.4 Å². The van der Waals surface area contributed by atoms with Gasteiger partial charge < -0.3 is 16.2 Å². The Balaban J connectivity index is 0. The van der Waals surface area contributed by atoms with Crippen molar-refractivity contribution in [3.8, 4) is 0 Å². The van der Waals surface area contributed by atoms with Gasteiger partial charge in [0.05, 0.1) is 0 Å². The van der Waals surface area contributed by atoms with Crippen molar-refractivity contribution in [1.82, 2.24) is 5.32 Å². The van der Waals surface area contributed by atoms with E-state index >= 15 is 0 Å². The minimum absolute atomic E-state index is 0. The number of carboxylic acid groups (broad SMARTS) is 1. The van der Waals surface area contributed by atoms with Crippen molar-refractivity contribution in [3.63, 3.8) is 0 Å². The van der Waals surface area contributed by atoms with E-state index < -0.39 is 17.9 Å². The number of carbonyl (C=O) groups is 2. The van der Waals surface area contributed by atoms with Gasteiger partial charge in [0.1, 0.15) is 0 Å². The molecular formula is C14H27ClF2N2O3. The minimum atomic E-state index is -3.14. The largest absolute Gasteiger partial charge is 0.480 e. The lowest BCUT2D eigenvalue weighted by Gasteiger charge is -2.23. The molecule has 0 spiro atoms. The van der Waals surface area contributed by atoms with Crippen LogP contribution >= 0.6 is 12.4 Å². The number of nitrogens with two attached hydrogens (primary N) is 1. The first kappa shape index (κ1) is 23.3. The van der Waals surface area contributed by atoms with E-state index in [4.69, 9.17) is 10.8 Å². The summed E-state index contributed by atoms with van der Waals surface area (Å²) in [6.45, 7) is 4.14. The molecule has 0 aromatic carbocycles. The summed E-state index contributed by atoms with van der Waals surface area (Å²) < 4.78 is 25.3. The monoisotopic (exact) mass is 344 g/mol. The molecular weight excluding hydrogens is 318 g/mol. The van der Waals surface area contributed by atoms with Gasteiger partial charge in [0.25, 0.3) is 6.43 Å². The highest BCUT2D eigenvalue weighted by molar-refractivity contribution is 5.85. The van der Waals surface area contributed by atoms with E-state index in [0.29, 0.717) is 0 Å². The Morgan fingerprint density at radius 1 is 1.23 bits per heavy atom. The van der Waals surface area contributed by atoms with E-state index in [0.717, 1.165) is 25.7 Å². The number of alkyl halides is 2. The number of carbonyl (C=O) groups excluding carboxylic acids is 1. The third kappa shape index (κ3) is 7.35. The lowest BCUT2D eigenvalue weighted by molar-refractivity contribution is -0.150. The zero-order chi connectivity index (χ0) is 16.5. The fourth-order valence-electron chi connectivity index (χ4n) is 2.15. The van der Waals surface area contributed by atoms with Crippen molar-refractivity contribution in [1.29, 1.82) is 0 Å². The van der Waals surface area contributed by atoms with Crippen molar-refractivity contribution in [2.24, 2.45) is 11.7 Å². The molecule has 22 heavy (non-hydrogen) atoms. The second kappa shape index (κ2) is 11.6. The van der Waals surface area contributed by atoms with Gasteiger partial charge >= 0.3 is 5.97 Å². The SMILES string of the molecule is CCCC(CCC)C(=O)NCCCC(N)(C(=O)O)C(F)F.Cl. The second-order valence-corrected chi connectivity index (χ2v) is 5.32. The Bertz CT molecular complexity index is 340. The highest BCUT2D eigenvalue weighted by Crippen LogP contribution is 2.19. The van der Waals surface area contributed by atoms with Crippen molar-refractivity contribution < 1.29 is 23.5 Å². The summed E-state index contributed by atoms with van der Waals surface area (Å²) in [4.78, 5) is 22.7. The van der Waals surface area contributed by atoms with Crippen molar-refractivity contribution >= 4 is 24.3 Å². The standard InChI is InChI=1S/C14H26F2N2O3.ClH/c1-3-6-10(7-4-2)11(19)18-9-5-8-14(17,12(15)16)13(20)21;/h10,12H,3-9,17H2,1-2H3,(H,18,19)(H,20,21);1H. The topological polar surface area (TPSA) is 92.4 Å². The van der Waals surface area contributed by atoms with Crippen LogP contribution in [0.15, 0.2) is 0 Å². The third-order valence-corrected chi connectivity index (χ3v) is 3.50. The molecule has 4 N–H and O–H groups in total. The first-order valence-corrected chi connectivity index (χ1v) is 7.37. The van der Waals surface area contributed by atoms with Crippen LogP contribution in [0.4, 0.5) is 8.78 Å². The molecule has 1 unspecified atom stereocenters. The van der Waals surface area contributed by atoms with Crippen LogP contribution in [-0.2, 0) is 9.59 Å². The number of aliphatic carboxylic acids is 1.